The highest BCUT2D eigenvalue weighted by atomic mass is 16.2. The third-order valence-electron chi connectivity index (χ3n) is 4.34. The third kappa shape index (κ3) is 2.78. The largest absolute Gasteiger partial charge is 0.309 e. The predicted octanol–water partition coefficient (Wildman–Crippen LogP) is 2.25. The number of nitrogens with zero attached hydrogens (tertiary/aromatic N) is 1. The molecule has 3 atom stereocenters. The van der Waals surface area contributed by atoms with Crippen LogP contribution >= 0.6 is 0 Å². The second-order valence-corrected chi connectivity index (χ2v) is 5.82. The quantitative estimate of drug-likeness (QED) is 0.856. The second kappa shape index (κ2) is 5.29. The molecule has 2 fully saturated rings. The Morgan fingerprint density at radius 2 is 2.21 bits per heavy atom. The van der Waals surface area contributed by atoms with E-state index in [4.69, 9.17) is 0 Å². The molecule has 4 heteroatoms. The van der Waals surface area contributed by atoms with Gasteiger partial charge in [-0.2, -0.15) is 0 Å². The van der Waals surface area contributed by atoms with Crippen LogP contribution in [0.5, 0.6) is 0 Å². The number of amides is 1. The first-order valence-corrected chi connectivity index (χ1v) is 7.22. The Bertz CT molecular complexity index is 443. The molecule has 3 unspecified atom stereocenters. The number of carbonyl (C=O) groups excluding carboxylic acids is 1. The highest BCUT2D eigenvalue weighted by Gasteiger charge is 2.38. The smallest absolute Gasteiger partial charge is 0.242 e. The first kappa shape index (κ1) is 12.6. The van der Waals surface area contributed by atoms with Crippen molar-refractivity contribution < 1.29 is 4.79 Å². The fourth-order valence-corrected chi connectivity index (χ4v) is 3.28. The number of pyridine rings is 1. The zero-order chi connectivity index (χ0) is 13.2. The molecule has 0 bridgehead atoms. The molecule has 1 aromatic rings. The Morgan fingerprint density at radius 3 is 2.95 bits per heavy atom. The molecule has 0 radical (unpaired) electrons. The molecule has 1 amide bonds. The Balaban J connectivity index is 1.60. The van der Waals surface area contributed by atoms with Crippen molar-refractivity contribution in [3.63, 3.8) is 0 Å². The van der Waals surface area contributed by atoms with Gasteiger partial charge in [-0.1, -0.05) is 18.9 Å². The topological polar surface area (TPSA) is 54.0 Å². The third-order valence-corrected chi connectivity index (χ3v) is 4.34. The van der Waals surface area contributed by atoms with Gasteiger partial charge in [0.2, 0.25) is 5.91 Å². The van der Waals surface area contributed by atoms with Crippen LogP contribution in [0.4, 0.5) is 5.82 Å². The zero-order valence-corrected chi connectivity index (χ0v) is 11.4. The van der Waals surface area contributed by atoms with Crippen molar-refractivity contribution in [2.24, 2.45) is 5.92 Å². The van der Waals surface area contributed by atoms with E-state index in [0.29, 0.717) is 17.8 Å². The predicted molar refractivity (Wildman–Crippen MR) is 74.9 cm³/mol. The summed E-state index contributed by atoms with van der Waals surface area (Å²) in [4.78, 5) is 16.5. The molecule has 1 saturated carbocycles. The zero-order valence-electron chi connectivity index (χ0n) is 11.4. The first-order chi connectivity index (χ1) is 9.22. The number of hydrogen-bond donors (Lipinski definition) is 2. The van der Waals surface area contributed by atoms with Crippen molar-refractivity contribution in [3.8, 4) is 0 Å². The summed E-state index contributed by atoms with van der Waals surface area (Å²) in [6, 6.07) is 4.33. The maximum atomic E-state index is 12.2. The van der Waals surface area contributed by atoms with E-state index in [1.54, 1.807) is 6.20 Å². The lowest BCUT2D eigenvalue weighted by Crippen LogP contribution is -2.40. The van der Waals surface area contributed by atoms with Crippen LogP contribution in [0.25, 0.3) is 0 Å². The monoisotopic (exact) mass is 259 g/mol. The number of nitrogens with one attached hydrogen (secondary N) is 2. The van der Waals surface area contributed by atoms with Crippen molar-refractivity contribution in [2.75, 3.05) is 5.32 Å². The van der Waals surface area contributed by atoms with Crippen LogP contribution in [-0.2, 0) is 4.79 Å². The van der Waals surface area contributed by atoms with E-state index >= 15 is 0 Å². The molecular weight excluding hydrogens is 238 g/mol. The number of fused-ring (bicyclic) bond motifs is 1. The number of anilines is 1. The minimum atomic E-state index is -0.0452. The van der Waals surface area contributed by atoms with E-state index in [0.717, 1.165) is 12.0 Å². The molecule has 2 heterocycles. The van der Waals surface area contributed by atoms with Gasteiger partial charge in [-0.3, -0.25) is 4.79 Å². The summed E-state index contributed by atoms with van der Waals surface area (Å²) in [5.41, 5.74) is 1.10. The van der Waals surface area contributed by atoms with Crippen molar-refractivity contribution in [3.05, 3.63) is 23.9 Å². The molecule has 1 aliphatic heterocycles. The number of rotatable bonds is 2. The van der Waals surface area contributed by atoms with E-state index in [2.05, 4.69) is 15.6 Å². The van der Waals surface area contributed by atoms with Gasteiger partial charge in [0.05, 0.1) is 6.04 Å². The van der Waals surface area contributed by atoms with Crippen LogP contribution in [0.2, 0.25) is 0 Å². The van der Waals surface area contributed by atoms with Crippen LogP contribution < -0.4 is 10.6 Å². The molecule has 1 aromatic heterocycles. The van der Waals surface area contributed by atoms with Crippen LogP contribution in [0.3, 0.4) is 0 Å². The van der Waals surface area contributed by atoms with Gasteiger partial charge in [0.1, 0.15) is 5.82 Å². The van der Waals surface area contributed by atoms with Crippen LogP contribution in [0, 0.1) is 12.8 Å². The number of aromatic nitrogens is 1. The molecule has 1 aliphatic carbocycles. The standard InChI is InChI=1S/C15H21N3O/c1-10-6-7-14(16-9-10)18-15(19)13-8-11-4-2-3-5-12(11)17-13/h6-7,9,11-13,17H,2-5,8H2,1H3,(H,16,18,19). The van der Waals surface area contributed by atoms with Gasteiger partial charge >= 0.3 is 0 Å². The summed E-state index contributed by atoms with van der Waals surface area (Å²) in [5, 5.41) is 6.39. The minimum absolute atomic E-state index is 0.0452. The van der Waals surface area contributed by atoms with Gasteiger partial charge in [-0.05, 0) is 43.7 Å². The maximum absolute atomic E-state index is 12.2. The molecule has 0 aromatic carbocycles. The average molecular weight is 259 g/mol. The van der Waals surface area contributed by atoms with Gasteiger partial charge in [0.25, 0.3) is 0 Å². The van der Waals surface area contributed by atoms with Gasteiger partial charge in [0, 0.05) is 12.2 Å². The average Bonchev–Trinajstić information content (AvgIpc) is 2.85. The second-order valence-electron chi connectivity index (χ2n) is 5.82. The van der Waals surface area contributed by atoms with E-state index in [1.165, 1.54) is 25.7 Å². The fourth-order valence-electron chi connectivity index (χ4n) is 3.28. The summed E-state index contributed by atoms with van der Waals surface area (Å²) in [6.07, 6.45) is 7.85. The fraction of sp³-hybridized carbons (Fsp3) is 0.600. The molecule has 3 rings (SSSR count). The molecule has 1 saturated heterocycles. The summed E-state index contributed by atoms with van der Waals surface area (Å²) >= 11 is 0. The molecular formula is C15H21N3O. The van der Waals surface area contributed by atoms with Crippen LogP contribution in [0.1, 0.15) is 37.7 Å². The van der Waals surface area contributed by atoms with Gasteiger partial charge < -0.3 is 10.6 Å². The normalized spacial score (nSPS) is 29.8. The van der Waals surface area contributed by atoms with E-state index in [-0.39, 0.29) is 11.9 Å². The van der Waals surface area contributed by atoms with Gasteiger partial charge in [-0.15, -0.1) is 0 Å². The van der Waals surface area contributed by atoms with Gasteiger partial charge in [-0.25, -0.2) is 4.98 Å². The van der Waals surface area contributed by atoms with Crippen molar-refractivity contribution in [2.45, 2.75) is 51.1 Å². The Labute approximate surface area is 114 Å². The van der Waals surface area contributed by atoms with Gasteiger partial charge in [0.15, 0.2) is 0 Å². The Kier molecular flexibility index (Phi) is 3.51. The van der Waals surface area contributed by atoms with Crippen molar-refractivity contribution in [1.29, 1.82) is 0 Å². The summed E-state index contributed by atoms with van der Waals surface area (Å²) < 4.78 is 0. The number of aryl methyl sites for hydroxylation is 1. The van der Waals surface area contributed by atoms with Crippen molar-refractivity contribution in [1.82, 2.24) is 10.3 Å². The summed E-state index contributed by atoms with van der Waals surface area (Å²) in [6.45, 7) is 1.99. The molecule has 2 N–H and O–H groups in total. The van der Waals surface area contributed by atoms with E-state index in [1.807, 2.05) is 19.1 Å². The molecule has 102 valence electrons. The minimum Gasteiger partial charge on any atom is -0.309 e. The highest BCUT2D eigenvalue weighted by Crippen LogP contribution is 2.33. The van der Waals surface area contributed by atoms with Crippen LogP contribution in [-0.4, -0.2) is 23.0 Å². The SMILES string of the molecule is Cc1ccc(NC(=O)C2CC3CCCCC3N2)nc1. The lowest BCUT2D eigenvalue weighted by molar-refractivity contribution is -0.117. The molecule has 0 spiro atoms. The lowest BCUT2D eigenvalue weighted by Gasteiger charge is -2.24. The van der Waals surface area contributed by atoms with Crippen molar-refractivity contribution >= 4 is 11.7 Å². The number of carbonyl (C=O) groups is 1. The van der Waals surface area contributed by atoms with Crippen LogP contribution in [0.15, 0.2) is 18.3 Å². The summed E-state index contributed by atoms with van der Waals surface area (Å²) in [7, 11) is 0. The van der Waals surface area contributed by atoms with E-state index < -0.39 is 0 Å². The Morgan fingerprint density at radius 1 is 1.37 bits per heavy atom. The lowest BCUT2D eigenvalue weighted by atomic mass is 9.85. The van der Waals surface area contributed by atoms with E-state index in [9.17, 15) is 4.79 Å². The highest BCUT2D eigenvalue weighted by molar-refractivity contribution is 5.94. The number of hydrogen-bond acceptors (Lipinski definition) is 3. The molecule has 2 aliphatic rings. The molecule has 19 heavy (non-hydrogen) atoms. The molecule has 4 nitrogen and oxygen atoms in total. The Hall–Kier alpha value is -1.42. The summed E-state index contributed by atoms with van der Waals surface area (Å²) in [5.74, 6) is 1.40. The maximum Gasteiger partial charge on any atom is 0.242 e. The first-order valence-electron chi connectivity index (χ1n) is 7.22.